The van der Waals surface area contributed by atoms with Crippen molar-refractivity contribution in [3.8, 4) is 11.5 Å². The lowest BCUT2D eigenvalue weighted by molar-refractivity contribution is 0.189. The lowest BCUT2D eigenvalue weighted by atomic mass is 10.2. The van der Waals surface area contributed by atoms with Gasteiger partial charge < -0.3 is 18.3 Å². The second kappa shape index (κ2) is 7.83. The van der Waals surface area contributed by atoms with E-state index in [4.69, 9.17) is 18.3 Å². The molecule has 0 bridgehead atoms. The molecule has 4 aromatic rings. The molecule has 0 amide bonds. The van der Waals surface area contributed by atoms with Crippen LogP contribution in [0.3, 0.4) is 0 Å². The Balaban J connectivity index is 1.42. The van der Waals surface area contributed by atoms with Gasteiger partial charge in [-0.15, -0.1) is 0 Å². The molecule has 6 heteroatoms. The van der Waals surface area contributed by atoms with Crippen molar-refractivity contribution in [1.82, 2.24) is 0 Å². The molecular formula is C23H20O6. The van der Waals surface area contributed by atoms with E-state index in [0.717, 1.165) is 0 Å². The van der Waals surface area contributed by atoms with Gasteiger partial charge in [-0.3, -0.25) is 9.59 Å². The van der Waals surface area contributed by atoms with Crippen LogP contribution in [0.4, 0.5) is 0 Å². The van der Waals surface area contributed by atoms with E-state index in [0.29, 0.717) is 52.4 Å². The summed E-state index contributed by atoms with van der Waals surface area (Å²) in [4.78, 5) is 24.2. The third kappa shape index (κ3) is 4.01. The molecule has 6 nitrogen and oxygen atoms in total. The molecule has 1 atom stereocenters. The van der Waals surface area contributed by atoms with Crippen molar-refractivity contribution in [3.63, 3.8) is 0 Å². The minimum Gasteiger partial charge on any atom is -0.493 e. The predicted octanol–water partition coefficient (Wildman–Crippen LogP) is 4.30. The number of hydrogen-bond acceptors (Lipinski definition) is 6. The third-order valence-electron chi connectivity index (χ3n) is 4.53. The van der Waals surface area contributed by atoms with Crippen molar-refractivity contribution < 1.29 is 18.3 Å². The number of rotatable bonds is 6. The molecule has 29 heavy (non-hydrogen) atoms. The highest BCUT2D eigenvalue weighted by molar-refractivity contribution is 5.83. The van der Waals surface area contributed by atoms with Gasteiger partial charge in [-0.05, 0) is 37.3 Å². The zero-order valence-corrected chi connectivity index (χ0v) is 16.1. The lowest BCUT2D eigenvalue weighted by Gasteiger charge is -2.15. The van der Waals surface area contributed by atoms with E-state index >= 15 is 0 Å². The van der Waals surface area contributed by atoms with Gasteiger partial charge in [-0.2, -0.15) is 0 Å². The van der Waals surface area contributed by atoms with Crippen LogP contribution >= 0.6 is 0 Å². The zero-order chi connectivity index (χ0) is 20.4. The molecule has 1 unspecified atom stereocenters. The van der Waals surface area contributed by atoms with Crippen LogP contribution in [0.2, 0.25) is 0 Å². The summed E-state index contributed by atoms with van der Waals surface area (Å²) in [6, 6.07) is 13.3. The fourth-order valence-electron chi connectivity index (χ4n) is 3.09. The summed E-state index contributed by atoms with van der Waals surface area (Å²) < 4.78 is 22.6. The summed E-state index contributed by atoms with van der Waals surface area (Å²) in [5, 5.41) is 0.916. The third-order valence-corrected chi connectivity index (χ3v) is 4.53. The van der Waals surface area contributed by atoms with E-state index in [1.807, 2.05) is 6.92 Å². The zero-order valence-electron chi connectivity index (χ0n) is 16.1. The van der Waals surface area contributed by atoms with Crippen molar-refractivity contribution in [1.29, 1.82) is 0 Å². The maximum absolute atomic E-state index is 12.1. The molecule has 0 aliphatic heterocycles. The quantitative estimate of drug-likeness (QED) is 0.487. The normalized spacial score (nSPS) is 12.2. The van der Waals surface area contributed by atoms with Crippen LogP contribution in [-0.2, 0) is 0 Å². The molecular weight excluding hydrogens is 372 g/mol. The van der Waals surface area contributed by atoms with Gasteiger partial charge in [-0.25, -0.2) is 0 Å². The number of hydrogen-bond donors (Lipinski definition) is 0. The van der Waals surface area contributed by atoms with Gasteiger partial charge >= 0.3 is 0 Å². The van der Waals surface area contributed by atoms with Crippen LogP contribution in [-0.4, -0.2) is 13.2 Å². The Labute approximate surface area is 166 Å². The van der Waals surface area contributed by atoms with Crippen molar-refractivity contribution in [2.75, 3.05) is 13.2 Å². The molecule has 0 aliphatic carbocycles. The van der Waals surface area contributed by atoms with Gasteiger partial charge in [0.15, 0.2) is 10.9 Å². The van der Waals surface area contributed by atoms with Crippen LogP contribution < -0.4 is 20.3 Å². The Morgan fingerprint density at radius 2 is 1.76 bits per heavy atom. The Kier molecular flexibility index (Phi) is 5.08. The summed E-state index contributed by atoms with van der Waals surface area (Å²) in [6.07, 6.45) is 1.37. The highest BCUT2D eigenvalue weighted by Crippen LogP contribution is 2.23. The van der Waals surface area contributed by atoms with E-state index in [9.17, 15) is 9.59 Å². The SMILES string of the molecule is Cc1cc(=O)c2cc(OCC(C)COc3cccc4occc(=O)c34)ccc2o1. The van der Waals surface area contributed by atoms with E-state index in [-0.39, 0.29) is 16.8 Å². The molecule has 0 radical (unpaired) electrons. The largest absolute Gasteiger partial charge is 0.493 e. The predicted molar refractivity (Wildman–Crippen MR) is 110 cm³/mol. The fourth-order valence-corrected chi connectivity index (χ4v) is 3.09. The van der Waals surface area contributed by atoms with Crippen LogP contribution in [0.15, 0.2) is 73.2 Å². The Morgan fingerprint density at radius 1 is 0.931 bits per heavy atom. The molecule has 4 rings (SSSR count). The van der Waals surface area contributed by atoms with Crippen molar-refractivity contribution in [2.45, 2.75) is 13.8 Å². The van der Waals surface area contributed by atoms with E-state index in [2.05, 4.69) is 0 Å². The van der Waals surface area contributed by atoms with Gasteiger partial charge in [0, 0.05) is 18.1 Å². The van der Waals surface area contributed by atoms with Crippen molar-refractivity contribution in [3.05, 3.63) is 81.0 Å². The summed E-state index contributed by atoms with van der Waals surface area (Å²) in [5.41, 5.74) is 0.786. The first-order valence-electron chi connectivity index (χ1n) is 9.32. The molecule has 0 saturated heterocycles. The first kappa shape index (κ1) is 18.8. The molecule has 2 heterocycles. The average Bonchev–Trinajstić information content (AvgIpc) is 2.71. The van der Waals surface area contributed by atoms with Crippen molar-refractivity contribution >= 4 is 21.9 Å². The summed E-state index contributed by atoms with van der Waals surface area (Å²) in [7, 11) is 0. The second-order valence-corrected chi connectivity index (χ2v) is 7.02. The molecule has 0 fully saturated rings. The molecule has 0 saturated carbocycles. The standard InChI is InChI=1S/C23H20O6/c1-14(13-28-22-5-3-4-21-23(22)18(24)8-9-26-21)12-27-16-6-7-20-17(11-16)19(25)10-15(2)29-20/h3-11,14H,12-13H2,1-2H3. The van der Waals surface area contributed by atoms with Gasteiger partial charge in [-0.1, -0.05) is 13.0 Å². The van der Waals surface area contributed by atoms with E-state index in [1.165, 1.54) is 18.4 Å². The first-order chi connectivity index (χ1) is 14.0. The molecule has 0 N–H and O–H groups in total. The van der Waals surface area contributed by atoms with Crippen LogP contribution in [0.1, 0.15) is 12.7 Å². The second-order valence-electron chi connectivity index (χ2n) is 7.02. The topological polar surface area (TPSA) is 78.9 Å². The Morgan fingerprint density at radius 3 is 2.62 bits per heavy atom. The van der Waals surface area contributed by atoms with Gasteiger partial charge in [0.1, 0.15) is 33.8 Å². The smallest absolute Gasteiger partial charge is 0.196 e. The number of fused-ring (bicyclic) bond motifs is 2. The van der Waals surface area contributed by atoms with Crippen LogP contribution in [0.5, 0.6) is 11.5 Å². The molecule has 0 aliphatic rings. The Hall–Kier alpha value is -3.54. The fraction of sp³-hybridized carbons (Fsp3) is 0.217. The molecule has 0 spiro atoms. The number of benzene rings is 2. The van der Waals surface area contributed by atoms with E-state index in [1.54, 1.807) is 43.3 Å². The first-order valence-corrected chi connectivity index (χ1v) is 9.32. The van der Waals surface area contributed by atoms with E-state index < -0.39 is 0 Å². The average molecular weight is 392 g/mol. The summed E-state index contributed by atoms with van der Waals surface area (Å²) in [6.45, 7) is 4.48. The minimum atomic E-state index is -0.143. The highest BCUT2D eigenvalue weighted by Gasteiger charge is 2.11. The van der Waals surface area contributed by atoms with Crippen molar-refractivity contribution in [2.24, 2.45) is 5.92 Å². The summed E-state index contributed by atoms with van der Waals surface area (Å²) in [5.74, 6) is 1.70. The van der Waals surface area contributed by atoms with Gasteiger partial charge in [0.05, 0.1) is 24.9 Å². The van der Waals surface area contributed by atoms with Crippen LogP contribution in [0.25, 0.3) is 21.9 Å². The molecule has 2 aromatic carbocycles. The van der Waals surface area contributed by atoms with Gasteiger partial charge in [0.25, 0.3) is 0 Å². The summed E-state index contributed by atoms with van der Waals surface area (Å²) >= 11 is 0. The van der Waals surface area contributed by atoms with Crippen LogP contribution in [0, 0.1) is 12.8 Å². The highest BCUT2D eigenvalue weighted by atomic mass is 16.5. The number of aryl methyl sites for hydroxylation is 1. The maximum atomic E-state index is 12.1. The number of ether oxygens (including phenoxy) is 2. The Bertz CT molecular complexity index is 1280. The minimum absolute atomic E-state index is 0.0473. The monoisotopic (exact) mass is 392 g/mol. The molecule has 148 valence electrons. The molecule has 2 aromatic heterocycles. The lowest BCUT2D eigenvalue weighted by Crippen LogP contribution is -2.17. The van der Waals surface area contributed by atoms with Gasteiger partial charge in [0.2, 0.25) is 0 Å². The maximum Gasteiger partial charge on any atom is 0.196 e.